The standard InChI is InChI=1S/C11H25NO/c1-5-11(3,10-12-4)8-7-9-13-6-2/h12H,5-10H2,1-4H3. The Kier molecular flexibility index (Phi) is 7.29. The van der Waals surface area contributed by atoms with E-state index in [0.717, 1.165) is 19.8 Å². The van der Waals surface area contributed by atoms with Crippen LogP contribution >= 0.6 is 0 Å². The van der Waals surface area contributed by atoms with Crippen molar-refractivity contribution in [2.45, 2.75) is 40.0 Å². The number of hydrogen-bond acceptors (Lipinski definition) is 2. The van der Waals surface area contributed by atoms with Gasteiger partial charge in [0.25, 0.3) is 0 Å². The summed E-state index contributed by atoms with van der Waals surface area (Å²) < 4.78 is 5.33. The molecule has 13 heavy (non-hydrogen) atoms. The first-order valence-corrected chi connectivity index (χ1v) is 5.41. The van der Waals surface area contributed by atoms with E-state index in [-0.39, 0.29) is 0 Å². The highest BCUT2D eigenvalue weighted by molar-refractivity contribution is 4.74. The van der Waals surface area contributed by atoms with Crippen LogP contribution in [0.3, 0.4) is 0 Å². The van der Waals surface area contributed by atoms with Crippen molar-refractivity contribution in [3.8, 4) is 0 Å². The molecule has 0 aromatic rings. The van der Waals surface area contributed by atoms with Gasteiger partial charge in [-0.3, -0.25) is 0 Å². The zero-order valence-corrected chi connectivity index (χ0v) is 9.65. The molecule has 0 amide bonds. The van der Waals surface area contributed by atoms with Gasteiger partial charge in [0.15, 0.2) is 0 Å². The molecule has 0 spiro atoms. The molecule has 0 radical (unpaired) electrons. The predicted octanol–water partition coefficient (Wildman–Crippen LogP) is 2.44. The number of nitrogens with one attached hydrogen (secondary N) is 1. The molecule has 80 valence electrons. The van der Waals surface area contributed by atoms with Gasteiger partial charge in [0.05, 0.1) is 0 Å². The average Bonchev–Trinajstić information content (AvgIpc) is 2.13. The van der Waals surface area contributed by atoms with Crippen molar-refractivity contribution < 1.29 is 4.74 Å². The van der Waals surface area contributed by atoms with Crippen LogP contribution < -0.4 is 5.32 Å². The lowest BCUT2D eigenvalue weighted by Crippen LogP contribution is -2.29. The zero-order chi connectivity index (χ0) is 10.2. The number of rotatable bonds is 8. The Bertz CT molecular complexity index is 117. The molecule has 0 heterocycles. The molecule has 2 nitrogen and oxygen atoms in total. The van der Waals surface area contributed by atoms with Crippen molar-refractivity contribution in [2.75, 3.05) is 26.8 Å². The van der Waals surface area contributed by atoms with Gasteiger partial charge in [-0.05, 0) is 38.6 Å². The molecule has 0 aliphatic carbocycles. The third-order valence-corrected chi connectivity index (χ3v) is 2.73. The van der Waals surface area contributed by atoms with E-state index >= 15 is 0 Å². The van der Waals surface area contributed by atoms with Crippen molar-refractivity contribution in [1.82, 2.24) is 5.32 Å². The van der Waals surface area contributed by atoms with Crippen molar-refractivity contribution in [3.05, 3.63) is 0 Å². The maximum Gasteiger partial charge on any atom is 0.0466 e. The molecular weight excluding hydrogens is 162 g/mol. The van der Waals surface area contributed by atoms with Crippen LogP contribution in [0.2, 0.25) is 0 Å². The quantitative estimate of drug-likeness (QED) is 0.589. The van der Waals surface area contributed by atoms with Crippen LogP contribution in [0.15, 0.2) is 0 Å². The molecule has 0 aromatic heterocycles. The Morgan fingerprint density at radius 2 is 2.00 bits per heavy atom. The Morgan fingerprint density at radius 1 is 1.31 bits per heavy atom. The molecule has 1 N–H and O–H groups in total. The zero-order valence-electron chi connectivity index (χ0n) is 9.65. The van der Waals surface area contributed by atoms with E-state index in [1.807, 2.05) is 14.0 Å². The van der Waals surface area contributed by atoms with Gasteiger partial charge >= 0.3 is 0 Å². The normalized spacial score (nSPS) is 15.7. The summed E-state index contributed by atoms with van der Waals surface area (Å²) in [6.45, 7) is 9.51. The topological polar surface area (TPSA) is 21.3 Å². The molecule has 0 aromatic carbocycles. The minimum atomic E-state index is 0.450. The highest BCUT2D eigenvalue weighted by Gasteiger charge is 2.19. The van der Waals surface area contributed by atoms with E-state index in [9.17, 15) is 0 Å². The summed E-state index contributed by atoms with van der Waals surface area (Å²) in [6.07, 6.45) is 3.67. The van der Waals surface area contributed by atoms with Crippen molar-refractivity contribution in [1.29, 1.82) is 0 Å². The molecule has 0 aliphatic rings. The van der Waals surface area contributed by atoms with Crippen LogP contribution in [0, 0.1) is 5.41 Å². The van der Waals surface area contributed by atoms with Crippen LogP contribution in [-0.2, 0) is 4.74 Å². The predicted molar refractivity (Wildman–Crippen MR) is 58.1 cm³/mol. The van der Waals surface area contributed by atoms with E-state index in [4.69, 9.17) is 4.74 Å². The molecule has 0 fully saturated rings. The largest absolute Gasteiger partial charge is 0.382 e. The van der Waals surface area contributed by atoms with Crippen LogP contribution in [0.5, 0.6) is 0 Å². The second-order valence-corrected chi connectivity index (χ2v) is 4.00. The van der Waals surface area contributed by atoms with Gasteiger partial charge < -0.3 is 10.1 Å². The van der Waals surface area contributed by atoms with Gasteiger partial charge in [-0.15, -0.1) is 0 Å². The number of hydrogen-bond donors (Lipinski definition) is 1. The van der Waals surface area contributed by atoms with Crippen molar-refractivity contribution in [3.63, 3.8) is 0 Å². The summed E-state index contributed by atoms with van der Waals surface area (Å²) in [5.41, 5.74) is 0.450. The lowest BCUT2D eigenvalue weighted by molar-refractivity contribution is 0.129. The van der Waals surface area contributed by atoms with Gasteiger partial charge in [0.1, 0.15) is 0 Å². The lowest BCUT2D eigenvalue weighted by atomic mass is 9.83. The van der Waals surface area contributed by atoms with Gasteiger partial charge in [-0.2, -0.15) is 0 Å². The van der Waals surface area contributed by atoms with Crippen LogP contribution in [0.4, 0.5) is 0 Å². The van der Waals surface area contributed by atoms with E-state index < -0.39 is 0 Å². The molecule has 0 rings (SSSR count). The summed E-state index contributed by atoms with van der Waals surface area (Å²) in [7, 11) is 2.02. The molecule has 2 heteroatoms. The fourth-order valence-electron chi connectivity index (χ4n) is 1.56. The Morgan fingerprint density at radius 3 is 2.46 bits per heavy atom. The van der Waals surface area contributed by atoms with Crippen LogP contribution in [-0.4, -0.2) is 26.8 Å². The maximum atomic E-state index is 5.33. The Balaban J connectivity index is 3.57. The summed E-state index contributed by atoms with van der Waals surface area (Å²) >= 11 is 0. The van der Waals surface area contributed by atoms with Gasteiger partial charge in [-0.25, -0.2) is 0 Å². The highest BCUT2D eigenvalue weighted by atomic mass is 16.5. The van der Waals surface area contributed by atoms with E-state index in [1.54, 1.807) is 0 Å². The van der Waals surface area contributed by atoms with Crippen molar-refractivity contribution >= 4 is 0 Å². The minimum Gasteiger partial charge on any atom is -0.382 e. The van der Waals surface area contributed by atoms with Gasteiger partial charge in [-0.1, -0.05) is 13.8 Å². The first-order valence-electron chi connectivity index (χ1n) is 5.41. The van der Waals surface area contributed by atoms with E-state index in [0.29, 0.717) is 5.41 Å². The van der Waals surface area contributed by atoms with Crippen LogP contribution in [0.25, 0.3) is 0 Å². The molecule has 0 saturated heterocycles. The third-order valence-electron chi connectivity index (χ3n) is 2.73. The summed E-state index contributed by atoms with van der Waals surface area (Å²) in [4.78, 5) is 0. The fourth-order valence-corrected chi connectivity index (χ4v) is 1.56. The smallest absolute Gasteiger partial charge is 0.0466 e. The molecule has 0 aliphatic heterocycles. The number of ether oxygens (including phenoxy) is 1. The summed E-state index contributed by atoms with van der Waals surface area (Å²) in [5.74, 6) is 0. The lowest BCUT2D eigenvalue weighted by Gasteiger charge is -2.27. The summed E-state index contributed by atoms with van der Waals surface area (Å²) in [6, 6.07) is 0. The first kappa shape index (κ1) is 12.9. The Hall–Kier alpha value is -0.0800. The summed E-state index contributed by atoms with van der Waals surface area (Å²) in [5, 5.41) is 3.26. The van der Waals surface area contributed by atoms with Crippen molar-refractivity contribution in [2.24, 2.45) is 5.41 Å². The molecule has 0 saturated carbocycles. The molecule has 1 unspecified atom stereocenters. The Labute approximate surface area is 83.1 Å². The van der Waals surface area contributed by atoms with Crippen LogP contribution in [0.1, 0.15) is 40.0 Å². The van der Waals surface area contributed by atoms with Gasteiger partial charge in [0.2, 0.25) is 0 Å². The first-order chi connectivity index (χ1) is 6.18. The second-order valence-electron chi connectivity index (χ2n) is 4.00. The molecule has 1 atom stereocenters. The van der Waals surface area contributed by atoms with E-state index in [1.165, 1.54) is 19.3 Å². The SMILES string of the molecule is CCOCCCC(C)(CC)CNC. The van der Waals surface area contributed by atoms with Gasteiger partial charge in [0, 0.05) is 19.8 Å². The van der Waals surface area contributed by atoms with E-state index in [2.05, 4.69) is 19.2 Å². The maximum absolute atomic E-state index is 5.33. The molecular formula is C11H25NO. The monoisotopic (exact) mass is 187 g/mol. The second kappa shape index (κ2) is 7.34. The average molecular weight is 187 g/mol. The fraction of sp³-hybridized carbons (Fsp3) is 1.00. The highest BCUT2D eigenvalue weighted by Crippen LogP contribution is 2.26. The third kappa shape index (κ3) is 6.05. The molecule has 0 bridgehead atoms. The minimum absolute atomic E-state index is 0.450.